The minimum Gasteiger partial charge on any atom is -0.481 e. The minimum absolute atomic E-state index is 0.0587. The van der Waals surface area contributed by atoms with Gasteiger partial charge >= 0.3 is 12.0 Å². The molecule has 2 heterocycles. The number of carbonyl (C=O) groups excluding carboxylic acids is 2. The molecular formula is C25H26N4O6. The largest absolute Gasteiger partial charge is 0.481 e. The Bertz CT molecular complexity index is 1210. The number of nitrogens with one attached hydrogen (secondary N) is 2. The number of hydrogen-bond donors (Lipinski definition) is 3. The van der Waals surface area contributed by atoms with Crippen molar-refractivity contribution in [1.82, 2.24) is 10.1 Å². The maximum atomic E-state index is 12.9. The molecule has 10 nitrogen and oxygen atoms in total. The molecule has 0 aliphatic carbocycles. The average Bonchev–Trinajstić information content (AvgIpc) is 3.50. The zero-order valence-electron chi connectivity index (χ0n) is 19.2. The molecule has 1 fully saturated rings. The van der Waals surface area contributed by atoms with Gasteiger partial charge in [-0.15, -0.1) is 0 Å². The number of benzene rings is 2. The first kappa shape index (κ1) is 24.0. The summed E-state index contributed by atoms with van der Waals surface area (Å²) in [5.41, 5.74) is 3.62. The summed E-state index contributed by atoms with van der Waals surface area (Å²) in [6, 6.07) is 15.5. The lowest BCUT2D eigenvalue weighted by Gasteiger charge is -2.20. The molecule has 3 aromatic rings. The fraction of sp³-hybridized carbons (Fsp3) is 0.280. The number of ether oxygens (including phenoxy) is 1. The molecule has 0 bridgehead atoms. The Morgan fingerprint density at radius 3 is 2.63 bits per heavy atom. The Morgan fingerprint density at radius 2 is 1.89 bits per heavy atom. The highest BCUT2D eigenvalue weighted by Crippen LogP contribution is 2.27. The summed E-state index contributed by atoms with van der Waals surface area (Å²) in [5, 5.41) is 18.4. The first-order valence-electron chi connectivity index (χ1n) is 11.2. The summed E-state index contributed by atoms with van der Waals surface area (Å²) in [6.45, 7) is 2.34. The SMILES string of the molecule is Cc1ccccc1NC(=O)Nc1ccc(CC(=O)N2COCC2c2cc(CCC(=O)O)on2)cc1. The van der Waals surface area contributed by atoms with Crippen molar-refractivity contribution in [2.75, 3.05) is 24.0 Å². The molecule has 0 spiro atoms. The second kappa shape index (κ2) is 10.8. The van der Waals surface area contributed by atoms with Crippen LogP contribution in [0.25, 0.3) is 0 Å². The number of carboxylic acid groups (broad SMARTS) is 1. The molecule has 182 valence electrons. The van der Waals surface area contributed by atoms with Crippen molar-refractivity contribution in [2.45, 2.75) is 32.2 Å². The van der Waals surface area contributed by atoms with Crippen molar-refractivity contribution in [3.05, 3.63) is 77.2 Å². The third kappa shape index (κ3) is 6.24. The van der Waals surface area contributed by atoms with Crippen LogP contribution >= 0.6 is 0 Å². The zero-order valence-corrected chi connectivity index (χ0v) is 19.2. The smallest absolute Gasteiger partial charge is 0.323 e. The van der Waals surface area contributed by atoms with Gasteiger partial charge in [-0.05, 0) is 36.2 Å². The first-order valence-corrected chi connectivity index (χ1v) is 11.2. The first-order chi connectivity index (χ1) is 16.9. The number of aromatic nitrogens is 1. The number of para-hydroxylation sites is 1. The molecule has 35 heavy (non-hydrogen) atoms. The maximum absolute atomic E-state index is 12.9. The Hall–Kier alpha value is -4.18. The Kier molecular flexibility index (Phi) is 7.41. The highest BCUT2D eigenvalue weighted by Gasteiger charge is 2.33. The highest BCUT2D eigenvalue weighted by atomic mass is 16.5. The topological polar surface area (TPSA) is 134 Å². The van der Waals surface area contributed by atoms with Crippen molar-refractivity contribution < 1.29 is 28.8 Å². The lowest BCUT2D eigenvalue weighted by Crippen LogP contribution is -2.32. The van der Waals surface area contributed by atoms with E-state index in [0.29, 0.717) is 17.1 Å². The molecule has 0 radical (unpaired) electrons. The summed E-state index contributed by atoms with van der Waals surface area (Å²) in [5.74, 6) is -0.603. The summed E-state index contributed by atoms with van der Waals surface area (Å²) in [4.78, 5) is 37.6. The van der Waals surface area contributed by atoms with E-state index in [4.69, 9.17) is 14.4 Å². The second-order valence-electron chi connectivity index (χ2n) is 8.26. The Balaban J connectivity index is 1.32. The Morgan fingerprint density at radius 1 is 1.11 bits per heavy atom. The number of aliphatic carboxylic acids is 1. The average molecular weight is 479 g/mol. The molecule has 1 atom stereocenters. The minimum atomic E-state index is -0.919. The van der Waals surface area contributed by atoms with E-state index in [9.17, 15) is 14.4 Å². The number of urea groups is 1. The van der Waals surface area contributed by atoms with Gasteiger partial charge in [-0.1, -0.05) is 35.5 Å². The number of hydrogen-bond acceptors (Lipinski definition) is 6. The fourth-order valence-electron chi connectivity index (χ4n) is 3.75. The van der Waals surface area contributed by atoms with Gasteiger partial charge in [-0.25, -0.2) is 4.79 Å². The van der Waals surface area contributed by atoms with Gasteiger partial charge in [0.25, 0.3) is 0 Å². The van der Waals surface area contributed by atoms with Crippen LogP contribution in [0.15, 0.2) is 59.1 Å². The monoisotopic (exact) mass is 478 g/mol. The van der Waals surface area contributed by atoms with Gasteiger partial charge in [0.05, 0.1) is 19.4 Å². The molecule has 4 rings (SSSR count). The molecule has 10 heteroatoms. The molecule has 3 N–H and O–H groups in total. The summed E-state index contributed by atoms with van der Waals surface area (Å²) < 4.78 is 10.7. The molecule has 0 saturated carbocycles. The van der Waals surface area contributed by atoms with Gasteiger partial charge in [0.1, 0.15) is 24.2 Å². The number of carbonyl (C=O) groups is 3. The molecule has 1 saturated heterocycles. The fourth-order valence-corrected chi connectivity index (χ4v) is 3.75. The van der Waals surface area contributed by atoms with Gasteiger partial charge in [0.15, 0.2) is 0 Å². The summed E-state index contributed by atoms with van der Waals surface area (Å²) >= 11 is 0. The van der Waals surface area contributed by atoms with Crippen LogP contribution in [-0.2, 0) is 27.2 Å². The third-order valence-electron chi connectivity index (χ3n) is 5.67. The predicted molar refractivity (Wildman–Crippen MR) is 127 cm³/mol. The Labute approximate surface area is 201 Å². The number of anilines is 2. The molecule has 1 aliphatic rings. The number of amides is 3. The van der Waals surface area contributed by atoms with Gasteiger partial charge in [0.2, 0.25) is 5.91 Å². The molecular weight excluding hydrogens is 452 g/mol. The normalized spacial score (nSPS) is 15.1. The second-order valence-corrected chi connectivity index (χ2v) is 8.26. The zero-order chi connectivity index (χ0) is 24.8. The van der Waals surface area contributed by atoms with Gasteiger partial charge in [-0.2, -0.15) is 0 Å². The van der Waals surface area contributed by atoms with Crippen LogP contribution < -0.4 is 10.6 Å². The van der Waals surface area contributed by atoms with Crippen molar-refractivity contribution in [3.63, 3.8) is 0 Å². The summed E-state index contributed by atoms with van der Waals surface area (Å²) in [6.07, 6.45) is 0.323. The van der Waals surface area contributed by atoms with E-state index in [2.05, 4.69) is 15.8 Å². The number of carboxylic acids is 1. The number of aryl methyl sites for hydroxylation is 2. The molecule has 1 aliphatic heterocycles. The van der Waals surface area contributed by atoms with E-state index in [1.807, 2.05) is 31.2 Å². The predicted octanol–water partition coefficient (Wildman–Crippen LogP) is 3.74. The van der Waals surface area contributed by atoms with Gasteiger partial charge in [0, 0.05) is 23.9 Å². The molecule has 3 amide bonds. The van der Waals surface area contributed by atoms with E-state index in [-0.39, 0.29) is 44.5 Å². The van der Waals surface area contributed by atoms with E-state index >= 15 is 0 Å². The third-order valence-corrected chi connectivity index (χ3v) is 5.67. The van der Waals surface area contributed by atoms with Crippen molar-refractivity contribution in [1.29, 1.82) is 0 Å². The van der Waals surface area contributed by atoms with Crippen LogP contribution in [0, 0.1) is 6.92 Å². The van der Waals surface area contributed by atoms with Crippen molar-refractivity contribution in [3.8, 4) is 0 Å². The van der Waals surface area contributed by atoms with Gasteiger partial charge < -0.3 is 29.9 Å². The lowest BCUT2D eigenvalue weighted by molar-refractivity contribution is -0.137. The lowest BCUT2D eigenvalue weighted by atomic mass is 10.1. The highest BCUT2D eigenvalue weighted by molar-refractivity contribution is 6.00. The van der Waals surface area contributed by atoms with Crippen LogP contribution in [0.5, 0.6) is 0 Å². The van der Waals surface area contributed by atoms with E-state index < -0.39 is 12.0 Å². The molecule has 1 aromatic heterocycles. The van der Waals surface area contributed by atoms with Crippen molar-refractivity contribution in [2.24, 2.45) is 0 Å². The van der Waals surface area contributed by atoms with Gasteiger partial charge in [-0.3, -0.25) is 9.59 Å². The molecule has 1 unspecified atom stereocenters. The van der Waals surface area contributed by atoms with E-state index in [1.165, 1.54) is 0 Å². The maximum Gasteiger partial charge on any atom is 0.323 e. The van der Waals surface area contributed by atoms with Crippen molar-refractivity contribution >= 4 is 29.3 Å². The molecule has 2 aromatic carbocycles. The van der Waals surface area contributed by atoms with Crippen LogP contribution in [0.4, 0.5) is 16.2 Å². The van der Waals surface area contributed by atoms with Crippen LogP contribution in [0.1, 0.15) is 35.0 Å². The standard InChI is InChI=1S/C25H26N4O6/c1-16-4-2-3-5-20(16)27-25(33)26-18-8-6-17(7-9-18)12-23(30)29-15-34-14-22(29)21-13-19(35-28-21)10-11-24(31)32/h2-9,13,22H,10-12,14-15H2,1H3,(H,31,32)(H2,26,27,33). The van der Waals surface area contributed by atoms with E-state index in [1.54, 1.807) is 35.2 Å². The number of nitrogens with zero attached hydrogens (tertiary/aromatic N) is 2. The van der Waals surface area contributed by atoms with Crippen LogP contribution in [-0.4, -0.2) is 46.4 Å². The van der Waals surface area contributed by atoms with E-state index in [0.717, 1.165) is 16.8 Å². The number of rotatable bonds is 8. The quantitative estimate of drug-likeness (QED) is 0.449. The summed E-state index contributed by atoms with van der Waals surface area (Å²) in [7, 11) is 0. The van der Waals surface area contributed by atoms with Crippen LogP contribution in [0.3, 0.4) is 0 Å². The van der Waals surface area contributed by atoms with Crippen LogP contribution in [0.2, 0.25) is 0 Å².